The Hall–Kier alpha value is -2.35. The average molecular weight is 382 g/mol. The number of thiophene rings is 1. The van der Waals surface area contributed by atoms with Crippen LogP contribution in [0, 0.1) is 5.92 Å². The molecule has 0 spiro atoms. The number of fused-ring (bicyclic) bond motifs is 1. The summed E-state index contributed by atoms with van der Waals surface area (Å²) in [6.07, 6.45) is -1.98. The molecule has 0 fully saturated rings. The van der Waals surface area contributed by atoms with Gasteiger partial charge in [-0.25, -0.2) is 0 Å². The summed E-state index contributed by atoms with van der Waals surface area (Å²) in [5.41, 5.74) is 5.94. The van der Waals surface area contributed by atoms with Gasteiger partial charge in [-0.1, -0.05) is 6.92 Å². The Bertz CT molecular complexity index is 857. The average Bonchev–Trinajstić information content (AvgIpc) is 2.91. The minimum absolute atomic E-state index is 0.0770. The van der Waals surface area contributed by atoms with Gasteiger partial charge in [0.2, 0.25) is 0 Å². The second-order valence-corrected chi connectivity index (χ2v) is 7.55. The molecule has 0 aliphatic heterocycles. The zero-order valence-electron chi connectivity index (χ0n) is 13.9. The molecule has 2 aromatic rings. The molecule has 26 heavy (non-hydrogen) atoms. The Morgan fingerprint density at radius 3 is 2.46 bits per heavy atom. The molecule has 1 aromatic heterocycles. The number of hydrogen-bond acceptors (Lipinski definition) is 3. The molecule has 0 saturated carbocycles. The fourth-order valence-electron chi connectivity index (χ4n) is 3.09. The highest BCUT2D eigenvalue weighted by molar-refractivity contribution is 7.17. The van der Waals surface area contributed by atoms with Crippen molar-refractivity contribution >= 4 is 28.2 Å². The lowest BCUT2D eigenvalue weighted by molar-refractivity contribution is -0.137. The maximum atomic E-state index is 12.6. The van der Waals surface area contributed by atoms with Crippen molar-refractivity contribution < 1.29 is 22.8 Å². The largest absolute Gasteiger partial charge is 0.416 e. The third-order valence-corrected chi connectivity index (χ3v) is 5.63. The van der Waals surface area contributed by atoms with Crippen molar-refractivity contribution in [1.29, 1.82) is 0 Å². The Kier molecular flexibility index (Phi) is 4.79. The number of amides is 2. The van der Waals surface area contributed by atoms with E-state index in [1.807, 2.05) is 0 Å². The fourth-order valence-corrected chi connectivity index (χ4v) is 4.50. The third-order valence-electron chi connectivity index (χ3n) is 4.46. The second-order valence-electron chi connectivity index (χ2n) is 6.45. The van der Waals surface area contributed by atoms with E-state index < -0.39 is 23.6 Å². The third kappa shape index (κ3) is 3.60. The van der Waals surface area contributed by atoms with E-state index in [-0.39, 0.29) is 5.56 Å². The summed E-state index contributed by atoms with van der Waals surface area (Å²) in [4.78, 5) is 25.3. The van der Waals surface area contributed by atoms with E-state index in [9.17, 15) is 22.8 Å². The number of anilines is 1. The lowest BCUT2D eigenvalue weighted by atomic mass is 9.88. The summed E-state index contributed by atoms with van der Waals surface area (Å²) in [6, 6.07) is 3.92. The smallest absolute Gasteiger partial charge is 0.365 e. The lowest BCUT2D eigenvalue weighted by Crippen LogP contribution is -2.19. The van der Waals surface area contributed by atoms with Gasteiger partial charge in [0.25, 0.3) is 11.8 Å². The summed E-state index contributed by atoms with van der Waals surface area (Å²) >= 11 is 1.31. The molecule has 1 aliphatic rings. The van der Waals surface area contributed by atoms with Crippen molar-refractivity contribution in [3.63, 3.8) is 0 Å². The van der Waals surface area contributed by atoms with Crippen molar-refractivity contribution in [2.24, 2.45) is 11.7 Å². The van der Waals surface area contributed by atoms with Crippen molar-refractivity contribution in [2.75, 3.05) is 5.32 Å². The molecule has 2 amide bonds. The van der Waals surface area contributed by atoms with Gasteiger partial charge in [0.1, 0.15) is 5.00 Å². The molecule has 3 rings (SSSR count). The molecule has 1 aromatic carbocycles. The monoisotopic (exact) mass is 382 g/mol. The van der Waals surface area contributed by atoms with Crippen molar-refractivity contribution in [3.8, 4) is 0 Å². The molecule has 0 bridgehead atoms. The zero-order chi connectivity index (χ0) is 19.1. The number of carbonyl (C=O) groups excluding carboxylic acids is 2. The number of hydrogen-bond donors (Lipinski definition) is 2. The number of benzene rings is 1. The standard InChI is InChI=1S/C18H17F3N2O2S/c1-9-2-7-12-13(8-9)26-17(14(12)15(22)24)23-16(25)10-3-5-11(6-4-10)18(19,20)21/h3-6,9H,2,7-8H2,1H3,(H2,22,24)(H,23,25)/t9-/m1/s1. The molecular formula is C18H17F3N2O2S. The molecule has 0 unspecified atom stereocenters. The maximum Gasteiger partial charge on any atom is 0.416 e. The summed E-state index contributed by atoms with van der Waals surface area (Å²) < 4.78 is 37.9. The van der Waals surface area contributed by atoms with Crippen LogP contribution < -0.4 is 11.1 Å². The first-order chi connectivity index (χ1) is 12.2. The number of alkyl halides is 3. The lowest BCUT2D eigenvalue weighted by Gasteiger charge is -2.18. The van der Waals surface area contributed by atoms with Gasteiger partial charge in [-0.15, -0.1) is 11.3 Å². The highest BCUT2D eigenvalue weighted by atomic mass is 32.1. The van der Waals surface area contributed by atoms with Crippen molar-refractivity contribution in [2.45, 2.75) is 32.4 Å². The highest BCUT2D eigenvalue weighted by Gasteiger charge is 2.31. The van der Waals surface area contributed by atoms with Crippen LogP contribution in [-0.4, -0.2) is 11.8 Å². The van der Waals surface area contributed by atoms with Gasteiger partial charge in [0, 0.05) is 10.4 Å². The molecule has 3 N–H and O–H groups in total. The van der Waals surface area contributed by atoms with E-state index >= 15 is 0 Å². The van der Waals surface area contributed by atoms with E-state index in [0.29, 0.717) is 16.5 Å². The fraction of sp³-hybridized carbons (Fsp3) is 0.333. The Morgan fingerprint density at radius 1 is 1.23 bits per heavy atom. The predicted octanol–water partition coefficient (Wildman–Crippen LogP) is 4.24. The van der Waals surface area contributed by atoms with Crippen LogP contribution >= 0.6 is 11.3 Å². The molecule has 1 atom stereocenters. The minimum atomic E-state index is -4.46. The van der Waals surface area contributed by atoms with E-state index in [1.54, 1.807) is 0 Å². The van der Waals surface area contributed by atoms with Crippen LogP contribution in [0.2, 0.25) is 0 Å². The Balaban J connectivity index is 1.87. The van der Waals surface area contributed by atoms with Gasteiger partial charge in [-0.2, -0.15) is 13.2 Å². The van der Waals surface area contributed by atoms with Crippen molar-refractivity contribution in [3.05, 3.63) is 51.4 Å². The quantitative estimate of drug-likeness (QED) is 0.833. The zero-order valence-corrected chi connectivity index (χ0v) is 14.8. The topological polar surface area (TPSA) is 72.2 Å². The van der Waals surface area contributed by atoms with Crippen LogP contribution in [0.15, 0.2) is 24.3 Å². The molecule has 8 heteroatoms. The summed E-state index contributed by atoms with van der Waals surface area (Å²) in [5.74, 6) is -0.701. The molecule has 0 saturated heterocycles. The van der Waals surface area contributed by atoms with Gasteiger partial charge in [0.05, 0.1) is 11.1 Å². The van der Waals surface area contributed by atoms with Crippen LogP contribution in [0.25, 0.3) is 0 Å². The maximum absolute atomic E-state index is 12.6. The van der Waals surface area contributed by atoms with Gasteiger partial charge in [0.15, 0.2) is 0 Å². The normalized spacial score (nSPS) is 16.8. The van der Waals surface area contributed by atoms with Crippen LogP contribution in [0.5, 0.6) is 0 Å². The Labute approximate surface area is 152 Å². The first-order valence-electron chi connectivity index (χ1n) is 8.09. The molecule has 0 radical (unpaired) electrons. The predicted molar refractivity (Wildman–Crippen MR) is 93.4 cm³/mol. The SMILES string of the molecule is C[C@@H]1CCc2c(sc(NC(=O)c3ccc(C(F)(F)F)cc3)c2C(N)=O)C1. The summed E-state index contributed by atoms with van der Waals surface area (Å²) in [6.45, 7) is 2.12. The first kappa shape index (κ1) is 18.4. The van der Waals surface area contributed by atoms with Gasteiger partial charge < -0.3 is 11.1 Å². The molecular weight excluding hydrogens is 365 g/mol. The van der Waals surface area contributed by atoms with Gasteiger partial charge in [-0.3, -0.25) is 9.59 Å². The Morgan fingerprint density at radius 2 is 1.88 bits per heavy atom. The first-order valence-corrected chi connectivity index (χ1v) is 8.91. The number of rotatable bonds is 3. The molecule has 1 heterocycles. The summed E-state index contributed by atoms with van der Waals surface area (Å²) in [5, 5.41) is 3.00. The second kappa shape index (κ2) is 6.75. The van der Waals surface area contributed by atoms with Gasteiger partial charge in [-0.05, 0) is 55.0 Å². The van der Waals surface area contributed by atoms with Crippen LogP contribution in [0.1, 0.15) is 50.1 Å². The van der Waals surface area contributed by atoms with Gasteiger partial charge >= 0.3 is 6.18 Å². The van der Waals surface area contributed by atoms with Crippen molar-refractivity contribution in [1.82, 2.24) is 0 Å². The van der Waals surface area contributed by atoms with E-state index in [1.165, 1.54) is 11.3 Å². The van der Waals surface area contributed by atoms with Crippen LogP contribution in [0.4, 0.5) is 18.2 Å². The van der Waals surface area contributed by atoms with Crippen LogP contribution in [-0.2, 0) is 19.0 Å². The van der Waals surface area contributed by atoms with E-state index in [2.05, 4.69) is 12.2 Å². The highest BCUT2D eigenvalue weighted by Crippen LogP contribution is 2.39. The number of halogens is 3. The van der Waals surface area contributed by atoms with Crippen LogP contribution in [0.3, 0.4) is 0 Å². The minimum Gasteiger partial charge on any atom is -0.365 e. The number of nitrogens with one attached hydrogen (secondary N) is 1. The number of primary amides is 1. The molecule has 4 nitrogen and oxygen atoms in total. The molecule has 1 aliphatic carbocycles. The summed E-state index contributed by atoms with van der Waals surface area (Å²) in [7, 11) is 0. The number of carbonyl (C=O) groups is 2. The van der Waals surface area contributed by atoms with E-state index in [4.69, 9.17) is 5.73 Å². The van der Waals surface area contributed by atoms with E-state index in [0.717, 1.165) is 54.0 Å². The number of nitrogens with two attached hydrogens (primary N) is 1. The molecule has 138 valence electrons.